The van der Waals surface area contributed by atoms with Gasteiger partial charge in [-0.15, -0.1) is 0 Å². The van der Waals surface area contributed by atoms with Crippen molar-refractivity contribution in [2.45, 2.75) is 5.79 Å². The summed E-state index contributed by atoms with van der Waals surface area (Å²) >= 11 is 0. The highest BCUT2D eigenvalue weighted by Gasteiger charge is 2.50. The molecule has 4 nitrogen and oxygen atoms in total. The summed E-state index contributed by atoms with van der Waals surface area (Å²) in [7, 11) is 0. The van der Waals surface area contributed by atoms with Crippen LogP contribution in [0.1, 0.15) is 16.7 Å². The Balaban J connectivity index is 1.44. The molecule has 0 aliphatic carbocycles. The van der Waals surface area contributed by atoms with Crippen molar-refractivity contribution >= 4 is 22.2 Å². The zero-order valence-electron chi connectivity index (χ0n) is 23.8. The molecule has 0 saturated carbocycles. The monoisotopic (exact) mass is 562 g/mol. The minimum absolute atomic E-state index is 0.873. The molecule has 4 heteroatoms. The summed E-state index contributed by atoms with van der Waals surface area (Å²) in [5.74, 6) is -0.200. The first-order chi connectivity index (χ1) is 21.8. The number of nitrogens with zero attached hydrogens (tertiary/aromatic N) is 4. The van der Waals surface area contributed by atoms with Gasteiger partial charge in [-0.05, 0) is 22.9 Å². The molecular formula is C40H26N4. The van der Waals surface area contributed by atoms with E-state index in [-0.39, 0.29) is 0 Å². The molecule has 3 heterocycles. The Morgan fingerprint density at radius 1 is 0.455 bits per heavy atom. The second-order valence-electron chi connectivity index (χ2n) is 11.2. The highest BCUT2D eigenvalue weighted by Crippen LogP contribution is 2.53. The predicted octanol–water partition coefficient (Wildman–Crippen LogP) is 9.00. The van der Waals surface area contributed by atoms with Crippen LogP contribution >= 0.6 is 0 Å². The van der Waals surface area contributed by atoms with Crippen molar-refractivity contribution in [2.24, 2.45) is 9.98 Å². The van der Waals surface area contributed by atoms with E-state index in [2.05, 4.69) is 144 Å². The molecule has 0 atom stereocenters. The van der Waals surface area contributed by atoms with E-state index >= 15 is 0 Å². The molecule has 0 unspecified atom stereocenters. The number of benzene rings is 6. The smallest absolute Gasteiger partial charge is 0.262 e. The Bertz CT molecular complexity index is 2190. The van der Waals surface area contributed by atoms with Crippen molar-refractivity contribution in [2.75, 3.05) is 0 Å². The minimum atomic E-state index is -1.07. The van der Waals surface area contributed by atoms with E-state index in [9.17, 15) is 0 Å². The Kier molecular flexibility index (Phi) is 5.38. The molecule has 1 spiro atoms. The Morgan fingerprint density at radius 3 is 1.45 bits per heavy atom. The summed E-state index contributed by atoms with van der Waals surface area (Å²) in [4.78, 5) is 16.8. The van der Waals surface area contributed by atoms with E-state index in [0.717, 1.165) is 72.8 Å². The quantitative estimate of drug-likeness (QED) is 0.211. The number of rotatable bonds is 4. The van der Waals surface area contributed by atoms with Gasteiger partial charge in [0.1, 0.15) is 5.82 Å². The van der Waals surface area contributed by atoms with Gasteiger partial charge in [0, 0.05) is 33.4 Å². The average molecular weight is 563 g/mol. The van der Waals surface area contributed by atoms with Gasteiger partial charge < -0.3 is 0 Å². The van der Waals surface area contributed by atoms with Crippen LogP contribution in [0.5, 0.6) is 0 Å². The molecule has 2 aliphatic heterocycles. The van der Waals surface area contributed by atoms with Gasteiger partial charge in [0.2, 0.25) is 0 Å². The fourth-order valence-corrected chi connectivity index (χ4v) is 6.65. The van der Waals surface area contributed by atoms with Crippen LogP contribution in [-0.2, 0) is 5.79 Å². The molecule has 0 fully saturated rings. The van der Waals surface area contributed by atoms with Gasteiger partial charge >= 0.3 is 0 Å². The molecule has 7 aromatic rings. The van der Waals surface area contributed by atoms with Gasteiger partial charge in [-0.2, -0.15) is 0 Å². The van der Waals surface area contributed by atoms with Crippen LogP contribution in [0.25, 0.3) is 44.7 Å². The van der Waals surface area contributed by atoms with E-state index < -0.39 is 5.79 Å². The molecule has 0 bridgehead atoms. The Hall–Kier alpha value is -5.87. The van der Waals surface area contributed by atoms with Gasteiger partial charge in [-0.1, -0.05) is 146 Å². The molecule has 206 valence electrons. The average Bonchev–Trinajstić information content (AvgIpc) is 3.77. The normalized spacial score (nSPS) is 14.4. The molecule has 0 saturated heterocycles. The summed E-state index contributed by atoms with van der Waals surface area (Å²) in [5.41, 5.74) is 9.96. The maximum absolute atomic E-state index is 5.67. The lowest BCUT2D eigenvalue weighted by Gasteiger charge is -2.24. The molecule has 6 aromatic carbocycles. The lowest BCUT2D eigenvalue weighted by Crippen LogP contribution is -2.26. The van der Waals surface area contributed by atoms with Crippen LogP contribution in [0.15, 0.2) is 168 Å². The van der Waals surface area contributed by atoms with E-state index in [1.54, 1.807) is 0 Å². The number of aromatic nitrogens is 2. The predicted molar refractivity (Wildman–Crippen MR) is 179 cm³/mol. The summed E-state index contributed by atoms with van der Waals surface area (Å²) in [6.07, 6.45) is 0. The van der Waals surface area contributed by atoms with Crippen LogP contribution in [0, 0.1) is 0 Å². The highest BCUT2D eigenvalue weighted by atomic mass is 15.4. The second kappa shape index (κ2) is 9.58. The lowest BCUT2D eigenvalue weighted by atomic mass is 9.98. The number of hydrogen-bond acceptors (Lipinski definition) is 3. The maximum atomic E-state index is 5.67. The molecule has 0 N–H and O–H groups in total. The molecule has 0 radical (unpaired) electrons. The first-order valence-electron chi connectivity index (χ1n) is 14.9. The standard InChI is InChI=1S/C40H26N4/c1-5-15-27(16-6-1)35-36(28-17-7-2-8-18-28)43-40(42-35)34-26-32-24-14-13-23-31(32)25-33(34)39-41-37(29-19-9-3-10-20-29)38(44(39)40)30-21-11-4-12-22-30/h1-26H. The van der Waals surface area contributed by atoms with Gasteiger partial charge in [-0.25, -0.2) is 15.0 Å². The molecule has 1 aromatic heterocycles. The molecule has 2 aliphatic rings. The Morgan fingerprint density at radius 2 is 0.909 bits per heavy atom. The SMILES string of the molecule is c1ccc(C2=NC3(N=C2c2ccccc2)c2cc4ccccc4cc2-c2nc(-c4ccccc4)c(-c4ccccc4)n23)cc1. The fourth-order valence-electron chi connectivity index (χ4n) is 6.65. The highest BCUT2D eigenvalue weighted by molar-refractivity contribution is 6.54. The first-order valence-corrected chi connectivity index (χ1v) is 14.9. The topological polar surface area (TPSA) is 42.5 Å². The number of imidazole rings is 1. The van der Waals surface area contributed by atoms with Crippen molar-refractivity contribution in [3.8, 4) is 33.9 Å². The fraction of sp³-hybridized carbons (Fsp3) is 0.0250. The first kappa shape index (κ1) is 24.7. The number of aliphatic imine (C=N–C) groups is 2. The van der Waals surface area contributed by atoms with Gasteiger partial charge in [0.15, 0.2) is 0 Å². The second-order valence-corrected chi connectivity index (χ2v) is 11.2. The largest absolute Gasteiger partial charge is 0.275 e. The van der Waals surface area contributed by atoms with Crippen LogP contribution in [0.4, 0.5) is 0 Å². The van der Waals surface area contributed by atoms with E-state index in [4.69, 9.17) is 15.0 Å². The zero-order valence-corrected chi connectivity index (χ0v) is 23.8. The van der Waals surface area contributed by atoms with Crippen LogP contribution in [-0.4, -0.2) is 21.0 Å². The lowest BCUT2D eigenvalue weighted by molar-refractivity contribution is 0.428. The third kappa shape index (κ3) is 3.61. The van der Waals surface area contributed by atoms with Crippen LogP contribution in [0.3, 0.4) is 0 Å². The van der Waals surface area contributed by atoms with E-state index in [1.165, 1.54) is 0 Å². The van der Waals surface area contributed by atoms with Crippen LogP contribution < -0.4 is 0 Å². The summed E-state index contributed by atoms with van der Waals surface area (Å²) in [6, 6.07) is 54.8. The van der Waals surface area contributed by atoms with Crippen molar-refractivity contribution < 1.29 is 0 Å². The van der Waals surface area contributed by atoms with Crippen molar-refractivity contribution in [3.05, 3.63) is 174 Å². The number of fused-ring (bicyclic) bond motifs is 6. The van der Waals surface area contributed by atoms with Gasteiger partial charge in [0.25, 0.3) is 5.79 Å². The van der Waals surface area contributed by atoms with E-state index in [0.29, 0.717) is 0 Å². The molecule has 0 amide bonds. The van der Waals surface area contributed by atoms with Gasteiger partial charge in [-0.3, -0.25) is 4.57 Å². The molecular weight excluding hydrogens is 536 g/mol. The maximum Gasteiger partial charge on any atom is 0.262 e. The third-order valence-electron chi connectivity index (χ3n) is 8.63. The van der Waals surface area contributed by atoms with Crippen molar-refractivity contribution in [3.63, 3.8) is 0 Å². The molecule has 9 rings (SSSR count). The third-order valence-corrected chi connectivity index (χ3v) is 8.63. The van der Waals surface area contributed by atoms with Crippen molar-refractivity contribution in [1.82, 2.24) is 9.55 Å². The molecule has 44 heavy (non-hydrogen) atoms. The number of hydrogen-bond donors (Lipinski definition) is 0. The Labute approximate surface area is 255 Å². The summed E-state index contributed by atoms with van der Waals surface area (Å²) in [5, 5.41) is 2.32. The van der Waals surface area contributed by atoms with Crippen molar-refractivity contribution in [1.29, 1.82) is 0 Å². The van der Waals surface area contributed by atoms with E-state index in [1.807, 2.05) is 18.2 Å². The minimum Gasteiger partial charge on any atom is -0.275 e. The summed E-state index contributed by atoms with van der Waals surface area (Å²) in [6.45, 7) is 0. The summed E-state index contributed by atoms with van der Waals surface area (Å²) < 4.78 is 2.28. The van der Waals surface area contributed by atoms with Crippen LogP contribution in [0.2, 0.25) is 0 Å². The van der Waals surface area contributed by atoms with Gasteiger partial charge in [0.05, 0.1) is 22.8 Å². The zero-order chi connectivity index (χ0) is 29.1.